The van der Waals surface area contributed by atoms with Crippen molar-refractivity contribution in [1.82, 2.24) is 10.6 Å². The normalized spacial score (nSPS) is 18.9. The third-order valence-corrected chi connectivity index (χ3v) is 6.64. The zero-order valence-electron chi connectivity index (χ0n) is 19.1. The monoisotopic (exact) mass is 447 g/mol. The minimum absolute atomic E-state index is 0.143. The Balaban J connectivity index is 1.78. The molecule has 2 aliphatic heterocycles. The third kappa shape index (κ3) is 4.86. The van der Waals surface area contributed by atoms with Gasteiger partial charge in [-0.05, 0) is 76.0 Å². The molecule has 2 aromatic carbocycles. The molecule has 2 aliphatic rings. The summed E-state index contributed by atoms with van der Waals surface area (Å²) in [5, 5.41) is 24.4. The van der Waals surface area contributed by atoms with Crippen LogP contribution in [-0.4, -0.2) is 38.4 Å². The van der Waals surface area contributed by atoms with E-state index in [1.54, 1.807) is 0 Å². The maximum atomic E-state index is 13.7. The molecular formula is C26H30FN5O. The summed E-state index contributed by atoms with van der Waals surface area (Å²) in [5.41, 5.74) is 3.73. The third-order valence-electron chi connectivity index (χ3n) is 6.64. The zero-order chi connectivity index (χ0) is 23.4. The van der Waals surface area contributed by atoms with Gasteiger partial charge in [0.25, 0.3) is 0 Å². The topological polar surface area (TPSA) is 84.2 Å². The van der Waals surface area contributed by atoms with E-state index in [1.165, 1.54) is 24.4 Å². The lowest BCUT2D eigenvalue weighted by Crippen LogP contribution is -2.37. The van der Waals surface area contributed by atoms with E-state index in [-0.39, 0.29) is 5.56 Å². The van der Waals surface area contributed by atoms with Gasteiger partial charge in [0.05, 0.1) is 5.56 Å². The number of hydrogen-bond acceptors (Lipinski definition) is 6. The Kier molecular flexibility index (Phi) is 6.95. The number of hydrogen-bond donors (Lipinski definition) is 3. The van der Waals surface area contributed by atoms with Gasteiger partial charge in [-0.25, -0.2) is 4.39 Å². The Morgan fingerprint density at radius 3 is 2.79 bits per heavy atom. The predicted molar refractivity (Wildman–Crippen MR) is 130 cm³/mol. The second-order valence-electron chi connectivity index (χ2n) is 8.73. The summed E-state index contributed by atoms with van der Waals surface area (Å²) in [5.74, 6) is 0.454. The first kappa shape index (κ1) is 22.8. The highest BCUT2D eigenvalue weighted by Crippen LogP contribution is 2.42. The summed E-state index contributed by atoms with van der Waals surface area (Å²) < 4.78 is 20.1. The van der Waals surface area contributed by atoms with Crippen LogP contribution in [0.4, 0.5) is 10.1 Å². The maximum absolute atomic E-state index is 13.7. The van der Waals surface area contributed by atoms with Crippen LogP contribution in [0.2, 0.25) is 0 Å². The molecule has 0 saturated carbocycles. The van der Waals surface area contributed by atoms with Gasteiger partial charge in [-0.3, -0.25) is 0 Å². The number of anilines is 1. The van der Waals surface area contributed by atoms with E-state index in [1.807, 2.05) is 18.3 Å². The first-order chi connectivity index (χ1) is 16.0. The summed E-state index contributed by atoms with van der Waals surface area (Å²) in [6.45, 7) is 4.15. The fraction of sp³-hybridized carbons (Fsp3) is 0.385. The first-order valence-corrected chi connectivity index (χ1v) is 11.5. The summed E-state index contributed by atoms with van der Waals surface area (Å²) in [6, 6.07) is 10.8. The lowest BCUT2D eigenvalue weighted by Gasteiger charge is -2.35. The highest BCUT2D eigenvalue weighted by atomic mass is 19.1. The van der Waals surface area contributed by atoms with Gasteiger partial charge in [-0.1, -0.05) is 0 Å². The smallest absolute Gasteiger partial charge is 0.145 e. The molecule has 1 unspecified atom stereocenters. The number of nitrogens with one attached hydrogen (secondary N) is 3. The summed E-state index contributed by atoms with van der Waals surface area (Å²) >= 11 is 0. The van der Waals surface area contributed by atoms with Gasteiger partial charge in [0.15, 0.2) is 0 Å². The van der Waals surface area contributed by atoms with Gasteiger partial charge < -0.3 is 25.7 Å². The SMILES string of the molecule is CC1CCc2c(ccc(/C(C=N)=C/NC3CCNCC3)c2Oc2ccc(F)cc2C#N)N1C. The van der Waals surface area contributed by atoms with Crippen molar-refractivity contribution in [2.75, 3.05) is 25.0 Å². The molecule has 172 valence electrons. The second-order valence-corrected chi connectivity index (χ2v) is 8.73. The number of fused-ring (bicyclic) bond motifs is 1. The minimum Gasteiger partial charge on any atom is -0.455 e. The van der Waals surface area contributed by atoms with Crippen LogP contribution in [0.25, 0.3) is 5.57 Å². The van der Waals surface area contributed by atoms with Crippen molar-refractivity contribution < 1.29 is 9.13 Å². The van der Waals surface area contributed by atoms with Crippen LogP contribution in [0.5, 0.6) is 11.5 Å². The van der Waals surface area contributed by atoms with E-state index in [0.29, 0.717) is 29.2 Å². The Labute approximate surface area is 194 Å². The molecule has 1 atom stereocenters. The quantitative estimate of drug-likeness (QED) is 0.564. The van der Waals surface area contributed by atoms with Crippen molar-refractivity contribution in [2.24, 2.45) is 0 Å². The molecule has 3 N–H and O–H groups in total. The molecule has 0 spiro atoms. The van der Waals surface area contributed by atoms with E-state index in [0.717, 1.165) is 55.6 Å². The van der Waals surface area contributed by atoms with Crippen LogP contribution in [0.1, 0.15) is 42.9 Å². The van der Waals surface area contributed by atoms with Gasteiger partial charge >= 0.3 is 0 Å². The van der Waals surface area contributed by atoms with Crippen LogP contribution in [0.15, 0.2) is 36.5 Å². The van der Waals surface area contributed by atoms with E-state index in [9.17, 15) is 9.65 Å². The number of nitrogens with zero attached hydrogens (tertiary/aromatic N) is 2. The van der Waals surface area contributed by atoms with Crippen LogP contribution in [0.3, 0.4) is 0 Å². The van der Waals surface area contributed by atoms with Crippen LogP contribution < -0.4 is 20.3 Å². The second kappa shape index (κ2) is 10.1. The molecule has 33 heavy (non-hydrogen) atoms. The lowest BCUT2D eigenvalue weighted by molar-refractivity contribution is 0.420. The number of piperidine rings is 1. The van der Waals surface area contributed by atoms with Crippen LogP contribution >= 0.6 is 0 Å². The number of halogens is 1. The molecule has 0 radical (unpaired) electrons. The minimum atomic E-state index is -0.478. The molecule has 1 fully saturated rings. The zero-order valence-corrected chi connectivity index (χ0v) is 19.1. The van der Waals surface area contributed by atoms with Gasteiger partial charge in [-0.2, -0.15) is 5.26 Å². The van der Waals surface area contributed by atoms with Gasteiger partial charge in [0, 0.05) is 53.9 Å². The van der Waals surface area contributed by atoms with Crippen molar-refractivity contribution >= 4 is 17.5 Å². The van der Waals surface area contributed by atoms with Crippen molar-refractivity contribution in [2.45, 2.75) is 44.7 Å². The van der Waals surface area contributed by atoms with E-state index in [4.69, 9.17) is 10.1 Å². The molecule has 0 bridgehead atoms. The Morgan fingerprint density at radius 1 is 1.27 bits per heavy atom. The number of ether oxygens (including phenoxy) is 1. The van der Waals surface area contributed by atoms with Crippen molar-refractivity contribution in [3.8, 4) is 17.6 Å². The number of nitriles is 1. The maximum Gasteiger partial charge on any atom is 0.145 e. The molecule has 0 aromatic heterocycles. The fourth-order valence-corrected chi connectivity index (χ4v) is 4.50. The molecule has 6 nitrogen and oxygen atoms in total. The molecular weight excluding hydrogens is 417 g/mol. The fourth-order valence-electron chi connectivity index (χ4n) is 4.50. The molecule has 2 heterocycles. The summed E-state index contributed by atoms with van der Waals surface area (Å²) in [7, 11) is 2.07. The van der Waals surface area contributed by atoms with Crippen molar-refractivity contribution in [1.29, 1.82) is 10.7 Å². The highest BCUT2D eigenvalue weighted by Gasteiger charge is 2.26. The summed E-state index contributed by atoms with van der Waals surface area (Å²) in [4.78, 5) is 2.23. The van der Waals surface area contributed by atoms with Crippen molar-refractivity contribution in [3.05, 3.63) is 59.0 Å². The standard InChI is InChI=1S/C26H30FN5O/c1-17-3-5-23-24(32(17)2)7-6-22(19(15-29)16-31-21-9-11-30-12-10-21)26(23)33-25-8-4-20(27)13-18(25)14-28/h4,6-8,13,15-17,21,29-31H,3,5,9-12H2,1-2H3/b19-16+,29-15?. The largest absolute Gasteiger partial charge is 0.455 e. The Morgan fingerprint density at radius 2 is 2.06 bits per heavy atom. The van der Waals surface area contributed by atoms with Crippen molar-refractivity contribution in [3.63, 3.8) is 0 Å². The molecule has 2 aromatic rings. The number of allylic oxidation sites excluding steroid dienone is 1. The predicted octanol–water partition coefficient (Wildman–Crippen LogP) is 4.59. The Hall–Kier alpha value is -3.37. The average Bonchev–Trinajstić information content (AvgIpc) is 2.84. The first-order valence-electron chi connectivity index (χ1n) is 11.5. The Bertz CT molecular complexity index is 1100. The molecule has 4 rings (SSSR count). The van der Waals surface area contributed by atoms with Gasteiger partial charge in [0.1, 0.15) is 23.4 Å². The highest BCUT2D eigenvalue weighted by molar-refractivity contribution is 6.09. The van der Waals surface area contributed by atoms with Gasteiger partial charge in [0.2, 0.25) is 0 Å². The molecule has 0 amide bonds. The van der Waals surface area contributed by atoms with E-state index < -0.39 is 5.82 Å². The summed E-state index contributed by atoms with van der Waals surface area (Å²) in [6.07, 6.45) is 7.06. The van der Waals surface area contributed by atoms with Crippen LogP contribution in [-0.2, 0) is 6.42 Å². The number of benzene rings is 2. The molecule has 7 heteroatoms. The van der Waals surface area contributed by atoms with E-state index in [2.05, 4.69) is 35.6 Å². The van der Waals surface area contributed by atoms with Crippen LogP contribution in [0, 0.1) is 22.6 Å². The lowest BCUT2D eigenvalue weighted by atomic mass is 9.92. The molecule has 1 saturated heterocycles. The van der Waals surface area contributed by atoms with Gasteiger partial charge in [-0.15, -0.1) is 0 Å². The average molecular weight is 448 g/mol. The molecule has 0 aliphatic carbocycles. The van der Waals surface area contributed by atoms with E-state index >= 15 is 0 Å². The number of rotatable bonds is 6.